The van der Waals surface area contributed by atoms with Gasteiger partial charge in [-0.25, -0.2) is 0 Å². The van der Waals surface area contributed by atoms with Gasteiger partial charge in [-0.15, -0.1) is 6.58 Å². The monoisotopic (exact) mass is 517 g/mol. The highest BCUT2D eigenvalue weighted by molar-refractivity contribution is 6.31. The fraction of sp³-hybridized carbons (Fsp3) is 0.143. The quantitative estimate of drug-likeness (QED) is 0.109. The number of nitrogens with zero attached hydrogens (tertiary/aromatic N) is 2. The Morgan fingerprint density at radius 3 is 2.68 bits per heavy atom. The Kier molecular flexibility index (Phi) is 9.03. The zero-order valence-corrected chi connectivity index (χ0v) is 21.0. The summed E-state index contributed by atoms with van der Waals surface area (Å²) in [6, 6.07) is 16.6. The average Bonchev–Trinajstić information content (AvgIpc) is 2.89. The van der Waals surface area contributed by atoms with Crippen LogP contribution in [-0.2, 0) is 17.8 Å². The van der Waals surface area contributed by atoms with E-state index in [1.165, 1.54) is 25.3 Å². The number of nitrogens with one attached hydrogen (secondary N) is 1. The Balaban J connectivity index is 1.91. The first-order chi connectivity index (χ1) is 17.8. The molecule has 0 bridgehead atoms. The lowest BCUT2D eigenvalue weighted by Crippen LogP contribution is -2.14. The van der Waals surface area contributed by atoms with Gasteiger partial charge in [0.15, 0.2) is 11.5 Å². The van der Waals surface area contributed by atoms with Gasteiger partial charge in [0, 0.05) is 28.4 Å². The van der Waals surface area contributed by atoms with Crippen LogP contribution in [0.5, 0.6) is 11.5 Å². The third kappa shape index (κ3) is 6.75. The molecule has 0 spiro atoms. The predicted octanol–water partition coefficient (Wildman–Crippen LogP) is 6.42. The van der Waals surface area contributed by atoms with Crippen LogP contribution in [0.3, 0.4) is 0 Å². The van der Waals surface area contributed by atoms with Crippen LogP contribution in [-0.4, -0.2) is 17.9 Å². The van der Waals surface area contributed by atoms with Gasteiger partial charge in [-0.3, -0.25) is 14.9 Å². The molecule has 9 heteroatoms. The fourth-order valence-corrected chi connectivity index (χ4v) is 3.73. The number of nitriles is 1. The molecular formula is C28H24ClN3O5. The van der Waals surface area contributed by atoms with Crippen LogP contribution in [0.25, 0.3) is 6.08 Å². The van der Waals surface area contributed by atoms with Crippen molar-refractivity contribution in [3.05, 3.63) is 110 Å². The minimum atomic E-state index is -0.580. The molecule has 0 saturated carbocycles. The SMILES string of the molecule is C=CCc1cc(/C=C(\C#N)C(=O)Nc2cccc(Cl)c2C)cc(OC)c1OCc1cccc([N+](=O)[O-])c1. The zero-order chi connectivity index (χ0) is 26.9. The lowest BCUT2D eigenvalue weighted by molar-refractivity contribution is -0.384. The minimum absolute atomic E-state index is 0.0323. The molecule has 0 unspecified atom stereocenters. The van der Waals surface area contributed by atoms with Crippen molar-refractivity contribution in [3.8, 4) is 17.6 Å². The number of methoxy groups -OCH3 is 1. The van der Waals surface area contributed by atoms with Crippen LogP contribution < -0.4 is 14.8 Å². The smallest absolute Gasteiger partial charge is 0.269 e. The molecule has 3 aromatic carbocycles. The van der Waals surface area contributed by atoms with E-state index in [-0.39, 0.29) is 17.9 Å². The number of hydrogen-bond donors (Lipinski definition) is 1. The summed E-state index contributed by atoms with van der Waals surface area (Å²) < 4.78 is 11.5. The summed E-state index contributed by atoms with van der Waals surface area (Å²) in [4.78, 5) is 23.4. The summed E-state index contributed by atoms with van der Waals surface area (Å²) in [5.41, 5.74) is 2.92. The highest BCUT2D eigenvalue weighted by atomic mass is 35.5. The number of allylic oxidation sites excluding steroid dienone is 1. The molecule has 1 N–H and O–H groups in total. The van der Waals surface area contributed by atoms with Crippen LogP contribution in [0.1, 0.15) is 22.3 Å². The third-order valence-electron chi connectivity index (χ3n) is 5.43. The summed E-state index contributed by atoms with van der Waals surface area (Å²) in [6.45, 7) is 5.63. The summed E-state index contributed by atoms with van der Waals surface area (Å²) in [5, 5.41) is 23.9. The van der Waals surface area contributed by atoms with Crippen molar-refractivity contribution in [2.75, 3.05) is 12.4 Å². The molecule has 3 rings (SSSR count). The Morgan fingerprint density at radius 1 is 1.24 bits per heavy atom. The number of amides is 1. The molecule has 0 heterocycles. The molecule has 0 radical (unpaired) electrons. The van der Waals surface area contributed by atoms with Gasteiger partial charge in [0.05, 0.1) is 12.0 Å². The van der Waals surface area contributed by atoms with Crippen LogP contribution in [0, 0.1) is 28.4 Å². The Bertz CT molecular complexity index is 1430. The number of rotatable bonds is 10. The number of carbonyl (C=O) groups excluding carboxylic acids is 1. The van der Waals surface area contributed by atoms with Gasteiger partial charge in [0.2, 0.25) is 0 Å². The molecule has 0 fully saturated rings. The van der Waals surface area contributed by atoms with Gasteiger partial charge < -0.3 is 14.8 Å². The summed E-state index contributed by atoms with van der Waals surface area (Å²) in [6.07, 6.45) is 3.55. The van der Waals surface area contributed by atoms with Crippen LogP contribution in [0.15, 0.2) is 72.8 Å². The topological polar surface area (TPSA) is 114 Å². The molecule has 188 valence electrons. The van der Waals surface area contributed by atoms with E-state index in [1.54, 1.807) is 55.5 Å². The van der Waals surface area contributed by atoms with E-state index in [0.717, 1.165) is 0 Å². The second-order valence-corrected chi connectivity index (χ2v) is 8.36. The molecule has 37 heavy (non-hydrogen) atoms. The molecule has 0 aliphatic heterocycles. The Labute approximate surface area is 219 Å². The third-order valence-corrected chi connectivity index (χ3v) is 5.84. The van der Waals surface area contributed by atoms with E-state index in [1.807, 2.05) is 6.07 Å². The lowest BCUT2D eigenvalue weighted by Gasteiger charge is -2.16. The molecule has 1 amide bonds. The second kappa shape index (κ2) is 12.4. The number of halogens is 1. The summed E-state index contributed by atoms with van der Waals surface area (Å²) in [7, 11) is 1.47. The summed E-state index contributed by atoms with van der Waals surface area (Å²) in [5.74, 6) is 0.228. The van der Waals surface area contributed by atoms with Crippen molar-refractivity contribution in [1.29, 1.82) is 5.26 Å². The van der Waals surface area contributed by atoms with Crippen molar-refractivity contribution in [2.24, 2.45) is 0 Å². The number of carbonyl (C=O) groups is 1. The first-order valence-electron chi connectivity index (χ1n) is 11.1. The van der Waals surface area contributed by atoms with Gasteiger partial charge in [-0.1, -0.05) is 35.9 Å². The van der Waals surface area contributed by atoms with Gasteiger partial charge in [-0.05, 0) is 60.4 Å². The van der Waals surface area contributed by atoms with Crippen molar-refractivity contribution >= 4 is 35.0 Å². The second-order valence-electron chi connectivity index (χ2n) is 7.96. The zero-order valence-electron chi connectivity index (χ0n) is 20.3. The van der Waals surface area contributed by atoms with Gasteiger partial charge in [-0.2, -0.15) is 5.26 Å². The molecule has 0 atom stereocenters. The lowest BCUT2D eigenvalue weighted by atomic mass is 10.0. The molecule has 0 aliphatic carbocycles. The minimum Gasteiger partial charge on any atom is -0.493 e. The van der Waals surface area contributed by atoms with E-state index in [4.69, 9.17) is 21.1 Å². The highest BCUT2D eigenvalue weighted by Gasteiger charge is 2.16. The summed E-state index contributed by atoms with van der Waals surface area (Å²) >= 11 is 6.13. The number of anilines is 1. The number of ether oxygens (including phenoxy) is 2. The van der Waals surface area contributed by atoms with Crippen molar-refractivity contribution in [2.45, 2.75) is 20.0 Å². The maximum Gasteiger partial charge on any atom is 0.269 e. The van der Waals surface area contributed by atoms with E-state index in [9.17, 15) is 20.2 Å². The van der Waals surface area contributed by atoms with E-state index >= 15 is 0 Å². The fourth-order valence-electron chi connectivity index (χ4n) is 3.55. The maximum absolute atomic E-state index is 12.8. The van der Waals surface area contributed by atoms with E-state index < -0.39 is 10.8 Å². The first kappa shape index (κ1) is 27.0. The van der Waals surface area contributed by atoms with Crippen molar-refractivity contribution in [3.63, 3.8) is 0 Å². The van der Waals surface area contributed by atoms with Gasteiger partial charge in [0.25, 0.3) is 11.6 Å². The molecule has 0 aliphatic rings. The van der Waals surface area contributed by atoms with E-state index in [2.05, 4.69) is 11.9 Å². The van der Waals surface area contributed by atoms with Gasteiger partial charge in [0.1, 0.15) is 18.2 Å². The largest absolute Gasteiger partial charge is 0.493 e. The molecular weight excluding hydrogens is 494 g/mol. The molecule has 0 aromatic heterocycles. The predicted molar refractivity (Wildman–Crippen MR) is 143 cm³/mol. The highest BCUT2D eigenvalue weighted by Crippen LogP contribution is 2.35. The van der Waals surface area contributed by atoms with Crippen molar-refractivity contribution < 1.29 is 19.2 Å². The Hall–Kier alpha value is -4.61. The standard InChI is InChI=1S/C28H24ClN3O5/c1-4-7-21-12-20(13-22(16-30)28(33)31-25-11-6-10-24(29)18(25)2)15-26(36-3)27(21)37-17-19-8-5-9-23(14-19)32(34)35/h4-6,8-15H,1,7,17H2,2-3H3,(H,31,33)/b22-13+. The average molecular weight is 518 g/mol. The number of nitro benzene ring substituents is 1. The molecule has 3 aromatic rings. The van der Waals surface area contributed by atoms with Crippen LogP contribution >= 0.6 is 11.6 Å². The maximum atomic E-state index is 12.8. The number of benzene rings is 3. The van der Waals surface area contributed by atoms with Crippen molar-refractivity contribution in [1.82, 2.24) is 0 Å². The number of nitro groups is 1. The van der Waals surface area contributed by atoms with E-state index in [0.29, 0.717) is 50.9 Å². The first-order valence-corrected chi connectivity index (χ1v) is 11.5. The number of hydrogen-bond acceptors (Lipinski definition) is 6. The molecule has 0 saturated heterocycles. The Morgan fingerprint density at radius 2 is 2.00 bits per heavy atom. The normalized spacial score (nSPS) is 10.8. The number of non-ortho nitro benzene ring substituents is 1. The van der Waals surface area contributed by atoms with Gasteiger partial charge >= 0.3 is 0 Å². The molecule has 8 nitrogen and oxygen atoms in total. The van der Waals surface area contributed by atoms with Crippen LogP contribution in [0.2, 0.25) is 5.02 Å². The van der Waals surface area contributed by atoms with Crippen LogP contribution in [0.4, 0.5) is 11.4 Å².